The third-order valence-electron chi connectivity index (χ3n) is 6.44. The van der Waals surface area contributed by atoms with Gasteiger partial charge in [0.2, 0.25) is 5.89 Å². The van der Waals surface area contributed by atoms with Crippen LogP contribution in [0.25, 0.3) is 17.0 Å². The molecule has 0 saturated carbocycles. The Balaban J connectivity index is 1.41. The average molecular weight is 476 g/mol. The molecule has 2 aromatic heterocycles. The van der Waals surface area contributed by atoms with Crippen molar-refractivity contribution >= 4 is 17.4 Å². The number of aryl methyl sites for hydroxylation is 1. The number of ether oxygens (including phenoxy) is 1. The van der Waals surface area contributed by atoms with E-state index in [-0.39, 0.29) is 6.42 Å². The third kappa shape index (κ3) is 5.73. The predicted octanol–water partition coefficient (Wildman–Crippen LogP) is 5.71. The predicted molar refractivity (Wildman–Crippen MR) is 137 cm³/mol. The van der Waals surface area contributed by atoms with E-state index in [1.54, 1.807) is 0 Å². The topological polar surface area (TPSA) is 88.7 Å². The largest absolute Gasteiger partial charge is 0.493 e. The van der Waals surface area contributed by atoms with Gasteiger partial charge in [-0.15, -0.1) is 0 Å². The van der Waals surface area contributed by atoms with Crippen LogP contribution < -0.4 is 9.64 Å². The second-order valence-electron chi connectivity index (χ2n) is 8.64. The number of pyridine rings is 1. The lowest BCUT2D eigenvalue weighted by atomic mass is 9.88. The fourth-order valence-corrected chi connectivity index (χ4v) is 4.53. The van der Waals surface area contributed by atoms with Crippen molar-refractivity contribution in [3.8, 4) is 17.2 Å². The van der Waals surface area contributed by atoms with Gasteiger partial charge in [-0.2, -0.15) is 0 Å². The highest BCUT2D eigenvalue weighted by atomic mass is 16.5. The normalized spacial score (nSPS) is 12.7. The summed E-state index contributed by atoms with van der Waals surface area (Å²) in [6, 6.07) is 10.0. The molecular formula is C28H33N3O4. The first-order chi connectivity index (χ1) is 17.0. The maximum absolute atomic E-state index is 11.0. The summed E-state index contributed by atoms with van der Waals surface area (Å²) in [6.07, 6.45) is 7.06. The number of nitrogens with zero attached hydrogens (tertiary/aromatic N) is 3. The van der Waals surface area contributed by atoms with Crippen LogP contribution in [0.3, 0.4) is 0 Å². The number of benzene rings is 1. The van der Waals surface area contributed by atoms with Crippen molar-refractivity contribution in [2.24, 2.45) is 0 Å². The molecule has 0 aliphatic heterocycles. The number of hydrogen-bond acceptors (Lipinski definition) is 6. The second kappa shape index (κ2) is 11.2. The molecule has 7 nitrogen and oxygen atoms in total. The minimum Gasteiger partial charge on any atom is -0.493 e. The van der Waals surface area contributed by atoms with Gasteiger partial charge in [0, 0.05) is 37.7 Å². The van der Waals surface area contributed by atoms with Crippen molar-refractivity contribution in [3.05, 3.63) is 65.2 Å². The molecule has 2 heterocycles. The van der Waals surface area contributed by atoms with E-state index in [1.165, 1.54) is 0 Å². The summed E-state index contributed by atoms with van der Waals surface area (Å²) in [5.74, 6) is 2.39. The Kier molecular flexibility index (Phi) is 7.85. The summed E-state index contributed by atoms with van der Waals surface area (Å²) in [5.41, 5.74) is 5.09. The molecule has 3 aromatic rings. The molecule has 0 bridgehead atoms. The van der Waals surface area contributed by atoms with Crippen LogP contribution in [0.15, 0.2) is 47.0 Å². The first-order valence-electron chi connectivity index (χ1n) is 12.3. The molecule has 0 saturated heterocycles. The molecule has 7 heteroatoms. The standard InChI is InChI=1S/C28H33N3O4/c1-4-31(5-2)26-14-12-21(18-29-26)28-30-24(19(3)35-28)16-17-34-25-11-7-9-22-20(13-15-27(32)33)8-6-10-23(22)25/h7-9,11-12,14,18H,4-6,10,13,15-17H2,1-3H3,(H,32,33). The van der Waals surface area contributed by atoms with E-state index in [0.717, 1.165) is 71.2 Å². The number of carbonyl (C=O) groups is 1. The van der Waals surface area contributed by atoms with E-state index in [2.05, 4.69) is 35.9 Å². The molecule has 1 aliphatic carbocycles. The third-order valence-corrected chi connectivity index (χ3v) is 6.44. The van der Waals surface area contributed by atoms with Crippen molar-refractivity contribution in [1.82, 2.24) is 9.97 Å². The zero-order valence-electron chi connectivity index (χ0n) is 20.7. The van der Waals surface area contributed by atoms with Gasteiger partial charge in [0.1, 0.15) is 17.3 Å². The Hall–Kier alpha value is -3.61. The van der Waals surface area contributed by atoms with Crippen LogP contribution in [-0.2, 0) is 17.6 Å². The zero-order chi connectivity index (χ0) is 24.8. The lowest BCUT2D eigenvalue weighted by Crippen LogP contribution is -2.22. The number of rotatable bonds is 11. The lowest BCUT2D eigenvalue weighted by molar-refractivity contribution is -0.136. The summed E-state index contributed by atoms with van der Waals surface area (Å²) in [5, 5.41) is 9.05. The number of fused-ring (bicyclic) bond motifs is 1. The molecule has 0 amide bonds. The van der Waals surface area contributed by atoms with E-state index in [4.69, 9.17) is 19.2 Å². The van der Waals surface area contributed by atoms with E-state index in [0.29, 0.717) is 25.3 Å². The molecule has 1 aliphatic rings. The molecule has 1 aromatic carbocycles. The quantitative estimate of drug-likeness (QED) is 0.380. The number of anilines is 1. The summed E-state index contributed by atoms with van der Waals surface area (Å²) >= 11 is 0. The minimum absolute atomic E-state index is 0.137. The SMILES string of the molecule is CCN(CC)c1ccc(-c2nc(CCOc3cccc4c3CCC=C4CCC(=O)O)c(C)o2)cn1. The van der Waals surface area contributed by atoms with Crippen molar-refractivity contribution in [1.29, 1.82) is 0 Å². The highest BCUT2D eigenvalue weighted by molar-refractivity contribution is 5.76. The van der Waals surface area contributed by atoms with Gasteiger partial charge in [0.15, 0.2) is 0 Å². The van der Waals surface area contributed by atoms with Crippen LogP contribution in [-0.4, -0.2) is 40.7 Å². The highest BCUT2D eigenvalue weighted by Crippen LogP contribution is 2.35. The number of hydrogen-bond donors (Lipinski definition) is 1. The van der Waals surface area contributed by atoms with Gasteiger partial charge in [0.05, 0.1) is 17.9 Å². The maximum Gasteiger partial charge on any atom is 0.303 e. The molecule has 0 fully saturated rings. The van der Waals surface area contributed by atoms with Gasteiger partial charge in [-0.25, -0.2) is 9.97 Å². The Morgan fingerprint density at radius 2 is 2.00 bits per heavy atom. The number of aliphatic carboxylic acids is 1. The van der Waals surface area contributed by atoms with Gasteiger partial charge in [-0.3, -0.25) is 4.79 Å². The smallest absolute Gasteiger partial charge is 0.303 e. The van der Waals surface area contributed by atoms with Gasteiger partial charge >= 0.3 is 5.97 Å². The molecule has 184 valence electrons. The number of carboxylic acids is 1. The summed E-state index contributed by atoms with van der Waals surface area (Å²) < 4.78 is 12.1. The van der Waals surface area contributed by atoms with Crippen LogP contribution >= 0.6 is 0 Å². The Morgan fingerprint density at radius 3 is 2.71 bits per heavy atom. The zero-order valence-corrected chi connectivity index (χ0v) is 20.7. The lowest BCUT2D eigenvalue weighted by Gasteiger charge is -2.20. The van der Waals surface area contributed by atoms with Gasteiger partial charge in [-0.05, 0) is 69.4 Å². The molecule has 4 rings (SSSR count). The number of carboxylic acid groups (broad SMARTS) is 1. The fourth-order valence-electron chi connectivity index (χ4n) is 4.53. The fraction of sp³-hybridized carbons (Fsp3) is 0.393. The molecule has 0 unspecified atom stereocenters. The van der Waals surface area contributed by atoms with Crippen molar-refractivity contribution in [2.75, 3.05) is 24.6 Å². The van der Waals surface area contributed by atoms with Crippen LogP contribution in [0.2, 0.25) is 0 Å². The van der Waals surface area contributed by atoms with Crippen molar-refractivity contribution in [2.45, 2.75) is 52.9 Å². The Bertz CT molecular complexity index is 1190. The van der Waals surface area contributed by atoms with Crippen molar-refractivity contribution in [3.63, 3.8) is 0 Å². The van der Waals surface area contributed by atoms with E-state index in [1.807, 2.05) is 37.4 Å². The van der Waals surface area contributed by atoms with E-state index >= 15 is 0 Å². The van der Waals surface area contributed by atoms with Gasteiger partial charge < -0.3 is 19.2 Å². The van der Waals surface area contributed by atoms with Gasteiger partial charge in [-0.1, -0.05) is 18.2 Å². The van der Waals surface area contributed by atoms with E-state index < -0.39 is 5.97 Å². The summed E-state index contributed by atoms with van der Waals surface area (Å²) in [7, 11) is 0. The van der Waals surface area contributed by atoms with E-state index in [9.17, 15) is 4.79 Å². The molecule has 35 heavy (non-hydrogen) atoms. The molecule has 0 atom stereocenters. The summed E-state index contributed by atoms with van der Waals surface area (Å²) in [6.45, 7) is 8.46. The number of allylic oxidation sites excluding steroid dienone is 2. The molecule has 1 N–H and O–H groups in total. The Morgan fingerprint density at radius 1 is 1.17 bits per heavy atom. The first kappa shape index (κ1) is 24.5. The van der Waals surface area contributed by atoms with Crippen LogP contribution in [0, 0.1) is 6.92 Å². The molecule has 0 spiro atoms. The maximum atomic E-state index is 11.0. The number of aromatic nitrogens is 2. The first-order valence-corrected chi connectivity index (χ1v) is 12.3. The average Bonchev–Trinajstić information content (AvgIpc) is 3.24. The second-order valence-corrected chi connectivity index (χ2v) is 8.64. The minimum atomic E-state index is -0.775. The monoisotopic (exact) mass is 475 g/mol. The molecular weight excluding hydrogens is 442 g/mol. The van der Waals surface area contributed by atoms with Crippen LogP contribution in [0.5, 0.6) is 5.75 Å². The Labute approximate surface area is 206 Å². The van der Waals surface area contributed by atoms with Crippen LogP contribution in [0.4, 0.5) is 5.82 Å². The highest BCUT2D eigenvalue weighted by Gasteiger charge is 2.18. The summed E-state index contributed by atoms with van der Waals surface area (Å²) in [4.78, 5) is 22.5. The van der Waals surface area contributed by atoms with Crippen molar-refractivity contribution < 1.29 is 19.1 Å². The number of oxazole rings is 1. The van der Waals surface area contributed by atoms with Crippen LogP contribution in [0.1, 0.15) is 55.7 Å². The van der Waals surface area contributed by atoms with Gasteiger partial charge in [0.25, 0.3) is 0 Å². The molecule has 0 radical (unpaired) electrons.